The van der Waals surface area contributed by atoms with Crippen molar-refractivity contribution in [3.63, 3.8) is 0 Å². The summed E-state index contributed by atoms with van der Waals surface area (Å²) in [5.74, 6) is -0.188. The van der Waals surface area contributed by atoms with E-state index in [2.05, 4.69) is 4.98 Å². The van der Waals surface area contributed by atoms with Crippen LogP contribution in [0.3, 0.4) is 0 Å². The predicted molar refractivity (Wildman–Crippen MR) is 97.7 cm³/mol. The summed E-state index contributed by atoms with van der Waals surface area (Å²) in [6.07, 6.45) is 0.788. The van der Waals surface area contributed by atoms with Crippen LogP contribution < -0.4 is 16.1 Å². The highest BCUT2D eigenvalue weighted by atomic mass is 35.5. The molecule has 1 aliphatic rings. The van der Waals surface area contributed by atoms with Crippen molar-refractivity contribution in [3.05, 3.63) is 56.0 Å². The fourth-order valence-corrected chi connectivity index (χ4v) is 3.61. The number of rotatable bonds is 2. The van der Waals surface area contributed by atoms with E-state index in [-0.39, 0.29) is 28.9 Å². The van der Waals surface area contributed by atoms with E-state index in [4.69, 9.17) is 11.6 Å². The van der Waals surface area contributed by atoms with Crippen LogP contribution >= 0.6 is 11.6 Å². The molecule has 0 atom stereocenters. The predicted octanol–water partition coefficient (Wildman–Crippen LogP) is 0.676. The molecule has 0 N–H and O–H groups in total. The van der Waals surface area contributed by atoms with Crippen molar-refractivity contribution in [2.45, 2.75) is 13.0 Å². The van der Waals surface area contributed by atoms with Crippen molar-refractivity contribution in [3.8, 4) is 0 Å². The average Bonchev–Trinajstić information content (AvgIpc) is 3.20. The molecule has 2 aromatic heterocycles. The van der Waals surface area contributed by atoms with Crippen molar-refractivity contribution in [1.29, 1.82) is 0 Å². The largest absolute Gasteiger partial charge is 0.332 e. The van der Waals surface area contributed by atoms with Crippen molar-refractivity contribution in [2.24, 2.45) is 14.1 Å². The summed E-state index contributed by atoms with van der Waals surface area (Å²) in [5.41, 5.74) is 1.26. The van der Waals surface area contributed by atoms with Gasteiger partial charge < -0.3 is 4.90 Å². The topological polar surface area (TPSA) is 82.1 Å². The second-order valence-corrected chi connectivity index (χ2v) is 6.61. The minimum atomic E-state index is -0.530. The van der Waals surface area contributed by atoms with Gasteiger partial charge in [0, 0.05) is 26.3 Å². The molecule has 134 valence electrons. The Morgan fingerprint density at radius 2 is 1.92 bits per heavy atom. The van der Waals surface area contributed by atoms with Gasteiger partial charge >= 0.3 is 5.69 Å². The zero-order chi connectivity index (χ0) is 18.6. The molecule has 0 saturated heterocycles. The number of carbonyl (C=O) groups is 1. The lowest BCUT2D eigenvalue weighted by atomic mass is 10.2. The second-order valence-electron chi connectivity index (χ2n) is 6.27. The first-order chi connectivity index (χ1) is 12.4. The molecule has 0 spiro atoms. The molecule has 0 aliphatic carbocycles. The van der Waals surface area contributed by atoms with Gasteiger partial charge in [0.05, 0.1) is 0 Å². The van der Waals surface area contributed by atoms with Crippen LogP contribution in [-0.4, -0.2) is 31.1 Å². The number of nitrogens with zero attached hydrogens (tertiary/aromatic N) is 5. The van der Waals surface area contributed by atoms with E-state index in [9.17, 15) is 14.4 Å². The molecule has 0 fully saturated rings. The van der Waals surface area contributed by atoms with E-state index in [1.807, 2.05) is 24.3 Å². The zero-order valence-electron chi connectivity index (χ0n) is 14.3. The van der Waals surface area contributed by atoms with E-state index in [0.29, 0.717) is 6.54 Å². The van der Waals surface area contributed by atoms with Gasteiger partial charge in [-0.15, -0.1) is 0 Å². The van der Waals surface area contributed by atoms with E-state index >= 15 is 0 Å². The third-order valence-corrected chi connectivity index (χ3v) is 5.07. The number of carbonyl (C=O) groups excluding carboxylic acids is 1. The van der Waals surface area contributed by atoms with Gasteiger partial charge in [-0.3, -0.25) is 23.3 Å². The maximum absolute atomic E-state index is 12.9. The van der Waals surface area contributed by atoms with E-state index in [1.54, 1.807) is 4.90 Å². The molecule has 0 bridgehead atoms. The number of benzene rings is 1. The minimum Gasteiger partial charge on any atom is -0.310 e. The average molecular weight is 374 g/mol. The first-order valence-corrected chi connectivity index (χ1v) is 8.48. The van der Waals surface area contributed by atoms with Crippen LogP contribution in [0.1, 0.15) is 5.56 Å². The lowest BCUT2D eigenvalue weighted by Crippen LogP contribution is -2.38. The number of amides is 1. The maximum Gasteiger partial charge on any atom is 0.332 e. The summed E-state index contributed by atoms with van der Waals surface area (Å²) in [6.45, 7) is 0.454. The van der Waals surface area contributed by atoms with E-state index in [0.717, 1.165) is 22.2 Å². The number of aromatic nitrogens is 4. The molecular weight excluding hydrogens is 358 g/mol. The molecule has 3 heterocycles. The van der Waals surface area contributed by atoms with Crippen molar-refractivity contribution >= 4 is 34.4 Å². The molecule has 4 rings (SSSR count). The van der Waals surface area contributed by atoms with Crippen LogP contribution in [-0.2, 0) is 31.9 Å². The fourth-order valence-electron chi connectivity index (χ4n) is 3.38. The van der Waals surface area contributed by atoms with E-state index < -0.39 is 11.2 Å². The van der Waals surface area contributed by atoms with Gasteiger partial charge in [-0.25, -0.2) is 4.79 Å². The summed E-state index contributed by atoms with van der Waals surface area (Å²) < 4.78 is 3.59. The van der Waals surface area contributed by atoms with Gasteiger partial charge in [-0.1, -0.05) is 18.2 Å². The monoisotopic (exact) mass is 373 g/mol. The third-order valence-electron chi connectivity index (χ3n) is 4.78. The highest BCUT2D eigenvalue weighted by molar-refractivity contribution is 6.29. The van der Waals surface area contributed by atoms with Crippen LogP contribution in [0.5, 0.6) is 0 Å². The summed E-state index contributed by atoms with van der Waals surface area (Å²) in [7, 11) is 2.89. The molecule has 0 radical (unpaired) electrons. The molecule has 0 unspecified atom stereocenters. The number of imidazole rings is 1. The fraction of sp³-hybridized carbons (Fsp3) is 0.294. The third kappa shape index (κ3) is 2.29. The summed E-state index contributed by atoms with van der Waals surface area (Å²) in [5, 5.41) is -0.000804. The number of hydrogen-bond acceptors (Lipinski definition) is 4. The van der Waals surface area contributed by atoms with Gasteiger partial charge in [0.25, 0.3) is 5.56 Å². The Kier molecular flexibility index (Phi) is 3.73. The zero-order valence-corrected chi connectivity index (χ0v) is 15.0. The number of fused-ring (bicyclic) bond motifs is 2. The van der Waals surface area contributed by atoms with Gasteiger partial charge in [0.2, 0.25) is 11.2 Å². The maximum atomic E-state index is 12.9. The molecule has 1 amide bonds. The molecule has 3 aromatic rings. The molecule has 1 aromatic carbocycles. The smallest absolute Gasteiger partial charge is 0.310 e. The first kappa shape index (κ1) is 16.6. The molecule has 9 heteroatoms. The number of para-hydroxylation sites is 1. The molecular formula is C17H16ClN5O3. The standard InChI is InChI=1S/C17H16ClN5O3/c1-20-14-13(15(25)21(2)17(20)26)23(16(18)19-14)9-12(24)22-8-7-10-5-3-4-6-11(10)22/h3-6H,7-9H2,1-2H3. The Morgan fingerprint density at radius 1 is 1.19 bits per heavy atom. The van der Waals surface area contributed by atoms with Crippen molar-refractivity contribution in [2.75, 3.05) is 11.4 Å². The summed E-state index contributed by atoms with van der Waals surface area (Å²) in [4.78, 5) is 43.2. The lowest BCUT2D eigenvalue weighted by Gasteiger charge is -2.18. The van der Waals surface area contributed by atoms with Crippen LogP contribution in [0.2, 0.25) is 5.28 Å². The van der Waals surface area contributed by atoms with Gasteiger partial charge in [0.15, 0.2) is 11.2 Å². The minimum absolute atomic E-state index is 0.000804. The Hall–Kier alpha value is -2.87. The Balaban J connectivity index is 1.79. The second kappa shape index (κ2) is 5.84. The van der Waals surface area contributed by atoms with Crippen LogP contribution in [0.25, 0.3) is 11.2 Å². The highest BCUT2D eigenvalue weighted by Gasteiger charge is 2.26. The van der Waals surface area contributed by atoms with E-state index in [1.165, 1.54) is 23.2 Å². The van der Waals surface area contributed by atoms with Crippen LogP contribution in [0.4, 0.5) is 5.69 Å². The van der Waals surface area contributed by atoms with Gasteiger partial charge in [-0.2, -0.15) is 4.98 Å². The number of hydrogen-bond donors (Lipinski definition) is 0. The highest BCUT2D eigenvalue weighted by Crippen LogP contribution is 2.28. The summed E-state index contributed by atoms with van der Waals surface area (Å²) >= 11 is 6.18. The molecule has 8 nitrogen and oxygen atoms in total. The van der Waals surface area contributed by atoms with Crippen molar-refractivity contribution < 1.29 is 4.79 Å². The quantitative estimate of drug-likeness (QED) is 0.618. The molecule has 1 aliphatic heterocycles. The Labute approximate surface area is 152 Å². The van der Waals surface area contributed by atoms with Crippen LogP contribution in [0, 0.1) is 0 Å². The van der Waals surface area contributed by atoms with Gasteiger partial charge in [0.1, 0.15) is 6.54 Å². The lowest BCUT2D eigenvalue weighted by molar-refractivity contribution is -0.119. The Morgan fingerprint density at radius 3 is 2.69 bits per heavy atom. The first-order valence-electron chi connectivity index (χ1n) is 8.10. The normalized spacial score (nSPS) is 13.4. The number of aryl methyl sites for hydroxylation is 1. The summed E-state index contributed by atoms with van der Waals surface area (Å²) in [6, 6.07) is 7.72. The molecule has 0 saturated carbocycles. The SMILES string of the molecule is Cn1c(=O)c2c(nc(Cl)n2CC(=O)N2CCc3ccccc32)n(C)c1=O. The van der Waals surface area contributed by atoms with Gasteiger partial charge in [-0.05, 0) is 29.7 Å². The van der Waals surface area contributed by atoms with Crippen LogP contribution in [0.15, 0.2) is 33.9 Å². The number of anilines is 1. The molecule has 26 heavy (non-hydrogen) atoms. The Bertz CT molecular complexity index is 1170. The number of halogens is 1. The van der Waals surface area contributed by atoms with Crippen molar-refractivity contribution in [1.82, 2.24) is 18.7 Å².